The summed E-state index contributed by atoms with van der Waals surface area (Å²) in [7, 11) is -1.73. The van der Waals surface area contributed by atoms with Gasteiger partial charge in [0.1, 0.15) is 0 Å². The number of nitriles is 1. The fourth-order valence-corrected chi connectivity index (χ4v) is 1.85. The van der Waals surface area contributed by atoms with Crippen molar-refractivity contribution in [3.05, 3.63) is 27.2 Å². The molecule has 1 aromatic rings. The lowest BCUT2D eigenvalue weighted by molar-refractivity contribution is 0.425. The Hall–Kier alpha value is -0.535. The van der Waals surface area contributed by atoms with Gasteiger partial charge in [-0.1, -0.05) is 27.5 Å². The zero-order valence-corrected chi connectivity index (χ0v) is 8.67. The van der Waals surface area contributed by atoms with Crippen LogP contribution in [0.25, 0.3) is 0 Å². The summed E-state index contributed by atoms with van der Waals surface area (Å²) in [5, 5.41) is 26.6. The molecule has 0 heterocycles. The van der Waals surface area contributed by atoms with Gasteiger partial charge in [-0.05, 0) is 12.1 Å². The van der Waals surface area contributed by atoms with Crippen LogP contribution >= 0.6 is 27.5 Å². The lowest BCUT2D eigenvalue weighted by atomic mass is 9.77. The summed E-state index contributed by atoms with van der Waals surface area (Å²) in [4.78, 5) is 0. The Morgan fingerprint density at radius 1 is 1.46 bits per heavy atom. The third kappa shape index (κ3) is 2.23. The van der Waals surface area contributed by atoms with Gasteiger partial charge >= 0.3 is 7.12 Å². The standard InChI is InChI=1S/C7H4BBrClNO2/c9-5-1-4(3-11)7(8(12)13)6(10)2-5/h1-2,12-13H. The maximum Gasteiger partial charge on any atom is 0.491 e. The third-order valence-electron chi connectivity index (χ3n) is 1.47. The average Bonchev–Trinajstić information content (AvgIpc) is 2.01. The van der Waals surface area contributed by atoms with Crippen molar-refractivity contribution in [2.75, 3.05) is 0 Å². The predicted molar refractivity (Wildman–Crippen MR) is 53.7 cm³/mol. The molecule has 1 rings (SSSR count). The van der Waals surface area contributed by atoms with Crippen LogP contribution in [0.4, 0.5) is 0 Å². The highest BCUT2D eigenvalue weighted by Crippen LogP contribution is 2.17. The first-order chi connectivity index (χ1) is 6.06. The van der Waals surface area contributed by atoms with Crippen molar-refractivity contribution in [1.29, 1.82) is 5.26 Å². The van der Waals surface area contributed by atoms with Gasteiger partial charge in [0.2, 0.25) is 0 Å². The van der Waals surface area contributed by atoms with Crippen molar-refractivity contribution in [3.8, 4) is 6.07 Å². The van der Waals surface area contributed by atoms with Gasteiger partial charge < -0.3 is 10.0 Å². The number of nitrogens with zero attached hydrogens (tertiary/aromatic N) is 1. The Labute approximate surface area is 88.8 Å². The van der Waals surface area contributed by atoms with Crippen LogP contribution in [-0.4, -0.2) is 17.2 Å². The van der Waals surface area contributed by atoms with E-state index in [0.717, 1.165) is 0 Å². The monoisotopic (exact) mass is 259 g/mol. The molecular formula is C7H4BBrClNO2. The summed E-state index contributed by atoms with van der Waals surface area (Å²) in [6.45, 7) is 0. The lowest BCUT2D eigenvalue weighted by Gasteiger charge is -2.05. The van der Waals surface area contributed by atoms with E-state index < -0.39 is 7.12 Å². The summed E-state index contributed by atoms with van der Waals surface area (Å²) in [5.41, 5.74) is 0.182. The Kier molecular flexibility index (Phi) is 3.34. The largest absolute Gasteiger partial charge is 0.491 e. The van der Waals surface area contributed by atoms with Gasteiger partial charge in [-0.2, -0.15) is 5.26 Å². The Morgan fingerprint density at radius 2 is 2.08 bits per heavy atom. The number of benzene rings is 1. The molecule has 0 fully saturated rings. The van der Waals surface area contributed by atoms with E-state index in [1.54, 1.807) is 0 Å². The fraction of sp³-hybridized carbons (Fsp3) is 0. The molecule has 0 amide bonds. The zero-order chi connectivity index (χ0) is 10.0. The van der Waals surface area contributed by atoms with Crippen molar-refractivity contribution in [2.24, 2.45) is 0 Å². The van der Waals surface area contributed by atoms with Crippen LogP contribution in [0.2, 0.25) is 5.02 Å². The van der Waals surface area contributed by atoms with Crippen LogP contribution in [0.3, 0.4) is 0 Å². The van der Waals surface area contributed by atoms with Crippen molar-refractivity contribution in [3.63, 3.8) is 0 Å². The van der Waals surface area contributed by atoms with E-state index >= 15 is 0 Å². The predicted octanol–water partition coefficient (Wildman–Crippen LogP) is 0.654. The molecule has 1 aromatic carbocycles. The molecule has 0 spiro atoms. The second-order valence-electron chi connectivity index (χ2n) is 2.33. The number of hydrogen-bond donors (Lipinski definition) is 2. The van der Waals surface area contributed by atoms with Crippen LogP contribution in [0.1, 0.15) is 5.56 Å². The average molecular weight is 260 g/mol. The van der Waals surface area contributed by atoms with Crippen LogP contribution < -0.4 is 5.46 Å². The molecule has 13 heavy (non-hydrogen) atoms. The lowest BCUT2D eigenvalue weighted by Crippen LogP contribution is -2.33. The first-order valence-electron chi connectivity index (χ1n) is 3.31. The second kappa shape index (κ2) is 4.12. The molecule has 0 aliphatic carbocycles. The molecule has 6 heteroatoms. The van der Waals surface area contributed by atoms with Crippen molar-refractivity contribution >= 4 is 40.1 Å². The van der Waals surface area contributed by atoms with Crippen molar-refractivity contribution in [2.45, 2.75) is 0 Å². The third-order valence-corrected chi connectivity index (χ3v) is 2.24. The van der Waals surface area contributed by atoms with E-state index in [2.05, 4.69) is 15.9 Å². The first-order valence-corrected chi connectivity index (χ1v) is 4.48. The minimum Gasteiger partial charge on any atom is -0.423 e. The van der Waals surface area contributed by atoms with Crippen molar-refractivity contribution < 1.29 is 10.0 Å². The molecule has 0 bridgehead atoms. The van der Waals surface area contributed by atoms with Crippen molar-refractivity contribution in [1.82, 2.24) is 0 Å². The SMILES string of the molecule is N#Cc1cc(Br)cc(Cl)c1B(O)O. The Morgan fingerprint density at radius 3 is 2.54 bits per heavy atom. The molecule has 3 nitrogen and oxygen atoms in total. The molecule has 66 valence electrons. The quantitative estimate of drug-likeness (QED) is 0.729. The van der Waals surface area contributed by atoms with Crippen LogP contribution in [-0.2, 0) is 0 Å². The van der Waals surface area contributed by atoms with Gasteiger partial charge in [-0.15, -0.1) is 0 Å². The van der Waals surface area contributed by atoms with E-state index in [0.29, 0.717) is 4.47 Å². The summed E-state index contributed by atoms with van der Waals surface area (Å²) in [5.74, 6) is 0. The Balaban J connectivity index is 3.41. The molecule has 0 atom stereocenters. The molecule has 2 N–H and O–H groups in total. The van der Waals surface area contributed by atoms with Crippen LogP contribution in [0.5, 0.6) is 0 Å². The molecule has 0 radical (unpaired) electrons. The highest BCUT2D eigenvalue weighted by atomic mass is 79.9. The molecule has 0 aliphatic rings. The smallest absolute Gasteiger partial charge is 0.423 e. The van der Waals surface area contributed by atoms with Gasteiger partial charge in [0.25, 0.3) is 0 Å². The molecule has 0 aromatic heterocycles. The molecule has 0 saturated heterocycles. The van der Waals surface area contributed by atoms with Gasteiger partial charge in [-0.3, -0.25) is 0 Å². The van der Waals surface area contributed by atoms with Crippen LogP contribution in [0.15, 0.2) is 16.6 Å². The fourth-order valence-electron chi connectivity index (χ4n) is 0.940. The van der Waals surface area contributed by atoms with E-state index in [9.17, 15) is 0 Å². The molecular weight excluding hydrogens is 256 g/mol. The molecule has 0 unspecified atom stereocenters. The Bertz CT molecular complexity index is 377. The number of rotatable bonds is 1. The zero-order valence-electron chi connectivity index (χ0n) is 6.33. The second-order valence-corrected chi connectivity index (χ2v) is 3.66. The summed E-state index contributed by atoms with van der Waals surface area (Å²) in [6, 6.07) is 4.79. The molecule has 0 aliphatic heterocycles. The van der Waals surface area contributed by atoms with Gasteiger partial charge in [-0.25, -0.2) is 0 Å². The topological polar surface area (TPSA) is 64.2 Å². The highest BCUT2D eigenvalue weighted by molar-refractivity contribution is 9.10. The number of hydrogen-bond acceptors (Lipinski definition) is 3. The van der Waals surface area contributed by atoms with Gasteiger partial charge in [0, 0.05) is 15.0 Å². The van der Waals surface area contributed by atoms with Crippen LogP contribution in [0, 0.1) is 11.3 Å². The maximum absolute atomic E-state index is 8.91. The normalized spacial score (nSPS) is 9.46. The highest BCUT2D eigenvalue weighted by Gasteiger charge is 2.20. The van der Waals surface area contributed by atoms with E-state index in [4.69, 9.17) is 26.9 Å². The minimum atomic E-state index is -1.73. The van der Waals surface area contributed by atoms with E-state index in [1.165, 1.54) is 12.1 Å². The van der Waals surface area contributed by atoms with E-state index in [1.807, 2.05) is 6.07 Å². The van der Waals surface area contributed by atoms with Gasteiger partial charge in [0.05, 0.1) is 11.6 Å². The summed E-state index contributed by atoms with van der Waals surface area (Å²) in [6.07, 6.45) is 0. The molecule has 0 saturated carbocycles. The number of halogens is 2. The first kappa shape index (κ1) is 10.5. The van der Waals surface area contributed by atoms with Gasteiger partial charge in [0.15, 0.2) is 0 Å². The summed E-state index contributed by atoms with van der Waals surface area (Å²) >= 11 is 8.85. The maximum atomic E-state index is 8.91. The minimum absolute atomic E-state index is 0.0346. The van der Waals surface area contributed by atoms with E-state index in [-0.39, 0.29) is 16.0 Å². The summed E-state index contributed by atoms with van der Waals surface area (Å²) < 4.78 is 0.624.